The van der Waals surface area contributed by atoms with Gasteiger partial charge in [-0.15, -0.1) is 0 Å². The quantitative estimate of drug-likeness (QED) is 0.431. The van der Waals surface area contributed by atoms with Gasteiger partial charge in [0.2, 0.25) is 5.91 Å². The molecule has 0 radical (unpaired) electrons. The Morgan fingerprint density at radius 2 is 1.69 bits per heavy atom. The molecular formula is C26H28N4O5. The van der Waals surface area contributed by atoms with Gasteiger partial charge in [0.1, 0.15) is 19.2 Å². The van der Waals surface area contributed by atoms with Crippen LogP contribution in [0.3, 0.4) is 0 Å². The molecule has 0 saturated carbocycles. The number of anilines is 1. The van der Waals surface area contributed by atoms with Crippen LogP contribution in [0.2, 0.25) is 0 Å². The molecule has 9 nitrogen and oxygen atoms in total. The van der Waals surface area contributed by atoms with Gasteiger partial charge in [0.05, 0.1) is 11.9 Å². The van der Waals surface area contributed by atoms with Gasteiger partial charge in [0.15, 0.2) is 0 Å². The molecule has 0 bridgehead atoms. The number of aromatic nitrogens is 2. The Labute approximate surface area is 203 Å². The van der Waals surface area contributed by atoms with Crippen LogP contribution in [0.25, 0.3) is 11.1 Å². The topological polar surface area (TPSA) is 123 Å². The Morgan fingerprint density at radius 3 is 2.29 bits per heavy atom. The second-order valence-electron chi connectivity index (χ2n) is 8.97. The van der Waals surface area contributed by atoms with Crippen molar-refractivity contribution < 1.29 is 24.2 Å². The van der Waals surface area contributed by atoms with E-state index in [0.29, 0.717) is 12.1 Å². The summed E-state index contributed by atoms with van der Waals surface area (Å²) < 4.78 is 6.84. The Balaban J connectivity index is 1.31. The van der Waals surface area contributed by atoms with Crippen LogP contribution in [-0.4, -0.2) is 45.5 Å². The van der Waals surface area contributed by atoms with Crippen molar-refractivity contribution in [2.75, 3.05) is 11.9 Å². The number of ether oxygens (including phenoxy) is 1. The van der Waals surface area contributed by atoms with Crippen molar-refractivity contribution in [3.63, 3.8) is 0 Å². The predicted molar refractivity (Wildman–Crippen MR) is 130 cm³/mol. The van der Waals surface area contributed by atoms with Gasteiger partial charge in [-0.05, 0) is 34.6 Å². The highest BCUT2D eigenvalue weighted by Gasteiger charge is 2.29. The van der Waals surface area contributed by atoms with E-state index in [1.54, 1.807) is 0 Å². The van der Waals surface area contributed by atoms with Crippen molar-refractivity contribution in [2.45, 2.75) is 38.8 Å². The molecule has 2 amide bonds. The van der Waals surface area contributed by atoms with Gasteiger partial charge in [-0.2, -0.15) is 5.10 Å². The van der Waals surface area contributed by atoms with E-state index in [-0.39, 0.29) is 25.0 Å². The van der Waals surface area contributed by atoms with Gasteiger partial charge < -0.3 is 15.2 Å². The third-order valence-corrected chi connectivity index (χ3v) is 5.87. The van der Waals surface area contributed by atoms with Crippen LogP contribution in [0.4, 0.5) is 10.5 Å². The summed E-state index contributed by atoms with van der Waals surface area (Å²) in [6.07, 6.45) is 2.59. The zero-order chi connectivity index (χ0) is 24.9. The van der Waals surface area contributed by atoms with Crippen LogP contribution in [-0.2, 0) is 20.9 Å². The molecule has 35 heavy (non-hydrogen) atoms. The van der Waals surface area contributed by atoms with Gasteiger partial charge in [0, 0.05) is 12.1 Å². The average Bonchev–Trinajstić information content (AvgIpc) is 3.38. The molecule has 0 spiro atoms. The lowest BCUT2D eigenvalue weighted by Gasteiger charge is -2.16. The van der Waals surface area contributed by atoms with E-state index in [0.717, 1.165) is 22.3 Å². The lowest BCUT2D eigenvalue weighted by Crippen LogP contribution is -2.43. The molecule has 2 aromatic carbocycles. The molecule has 1 aromatic heterocycles. The first-order chi connectivity index (χ1) is 16.8. The van der Waals surface area contributed by atoms with Crippen LogP contribution >= 0.6 is 0 Å². The van der Waals surface area contributed by atoms with Crippen molar-refractivity contribution in [1.29, 1.82) is 0 Å². The molecule has 9 heteroatoms. The molecule has 0 unspecified atom stereocenters. The van der Waals surface area contributed by atoms with E-state index in [4.69, 9.17) is 4.74 Å². The minimum Gasteiger partial charge on any atom is -0.480 e. The molecule has 3 N–H and O–H groups in total. The largest absolute Gasteiger partial charge is 0.480 e. The summed E-state index contributed by atoms with van der Waals surface area (Å²) in [5.74, 6) is -1.49. The summed E-state index contributed by atoms with van der Waals surface area (Å²) >= 11 is 0. The van der Waals surface area contributed by atoms with Crippen LogP contribution in [0.5, 0.6) is 0 Å². The maximum Gasteiger partial charge on any atom is 0.411 e. The second-order valence-corrected chi connectivity index (χ2v) is 8.97. The van der Waals surface area contributed by atoms with Crippen LogP contribution < -0.4 is 10.6 Å². The number of benzene rings is 2. The fourth-order valence-corrected chi connectivity index (χ4v) is 4.35. The first kappa shape index (κ1) is 24.0. The Kier molecular flexibility index (Phi) is 7.14. The number of hydrogen-bond acceptors (Lipinski definition) is 5. The number of fused-ring (bicyclic) bond motifs is 3. The molecule has 4 rings (SSSR count). The fourth-order valence-electron chi connectivity index (χ4n) is 4.35. The number of nitrogens with one attached hydrogen (secondary N) is 2. The number of amides is 2. The van der Waals surface area contributed by atoms with Crippen LogP contribution in [0.15, 0.2) is 60.9 Å². The minimum atomic E-state index is -1.08. The predicted octanol–water partition coefficient (Wildman–Crippen LogP) is 3.86. The van der Waals surface area contributed by atoms with Gasteiger partial charge in [-0.25, -0.2) is 9.59 Å². The first-order valence-corrected chi connectivity index (χ1v) is 11.5. The van der Waals surface area contributed by atoms with Gasteiger partial charge >= 0.3 is 12.1 Å². The Bertz CT molecular complexity index is 1190. The zero-order valence-electron chi connectivity index (χ0n) is 19.6. The first-order valence-electron chi connectivity index (χ1n) is 11.5. The number of nitrogens with zero attached hydrogens (tertiary/aromatic N) is 2. The number of carboxylic acids is 1. The average molecular weight is 477 g/mol. The highest BCUT2D eigenvalue weighted by molar-refractivity contribution is 5.85. The van der Waals surface area contributed by atoms with Crippen LogP contribution in [0.1, 0.15) is 37.3 Å². The van der Waals surface area contributed by atoms with Crippen LogP contribution in [0, 0.1) is 5.92 Å². The van der Waals surface area contributed by atoms with Crippen molar-refractivity contribution in [3.05, 3.63) is 72.1 Å². The third-order valence-electron chi connectivity index (χ3n) is 5.87. The maximum absolute atomic E-state index is 12.4. The summed E-state index contributed by atoms with van der Waals surface area (Å²) in [5, 5.41) is 18.5. The fraction of sp³-hybridized carbons (Fsp3) is 0.308. The van der Waals surface area contributed by atoms with E-state index >= 15 is 0 Å². The van der Waals surface area contributed by atoms with E-state index in [1.807, 2.05) is 50.2 Å². The molecule has 1 aliphatic rings. The lowest BCUT2D eigenvalue weighted by atomic mass is 9.98. The number of carbonyl (C=O) groups excluding carboxylic acids is 2. The number of hydrogen-bond donors (Lipinski definition) is 3. The van der Waals surface area contributed by atoms with Gasteiger partial charge in [-0.3, -0.25) is 14.8 Å². The highest BCUT2D eigenvalue weighted by atomic mass is 16.5. The summed E-state index contributed by atoms with van der Waals surface area (Å²) in [6, 6.07) is 15.2. The summed E-state index contributed by atoms with van der Waals surface area (Å²) in [6.45, 7) is 3.78. The van der Waals surface area contributed by atoms with E-state index in [2.05, 4.69) is 27.9 Å². The van der Waals surface area contributed by atoms with E-state index < -0.39 is 24.0 Å². The van der Waals surface area contributed by atoms with Gasteiger partial charge in [-0.1, -0.05) is 62.4 Å². The van der Waals surface area contributed by atoms with Crippen molar-refractivity contribution >= 4 is 23.7 Å². The number of carboxylic acid groups (broad SMARTS) is 1. The zero-order valence-corrected chi connectivity index (χ0v) is 19.6. The van der Waals surface area contributed by atoms with Crippen molar-refractivity contribution in [3.8, 4) is 11.1 Å². The number of aliphatic carboxylic acids is 1. The maximum atomic E-state index is 12.4. The molecule has 1 heterocycles. The van der Waals surface area contributed by atoms with E-state index in [9.17, 15) is 19.5 Å². The lowest BCUT2D eigenvalue weighted by molar-refractivity contribution is -0.142. The smallest absolute Gasteiger partial charge is 0.411 e. The second kappa shape index (κ2) is 10.4. The molecule has 1 atom stereocenters. The minimum absolute atomic E-state index is 0.0485. The molecule has 182 valence electrons. The van der Waals surface area contributed by atoms with Gasteiger partial charge in [0.25, 0.3) is 0 Å². The molecule has 0 fully saturated rings. The monoisotopic (exact) mass is 476 g/mol. The SMILES string of the molecule is CC(C)C[C@@H](NC(=O)Cn1cc(NC(=O)OCC2c3ccccc3-c3ccccc32)cn1)C(=O)O. The van der Waals surface area contributed by atoms with Crippen molar-refractivity contribution in [2.24, 2.45) is 5.92 Å². The normalized spacial score (nSPS) is 13.1. The summed E-state index contributed by atoms with van der Waals surface area (Å²) in [5.41, 5.74) is 4.91. The Hall–Kier alpha value is -4.14. The number of rotatable bonds is 9. The Morgan fingerprint density at radius 1 is 1.06 bits per heavy atom. The molecule has 0 aliphatic heterocycles. The highest BCUT2D eigenvalue weighted by Crippen LogP contribution is 2.44. The molecule has 0 saturated heterocycles. The molecular weight excluding hydrogens is 448 g/mol. The number of carbonyl (C=O) groups is 3. The molecule has 1 aliphatic carbocycles. The molecule has 3 aromatic rings. The van der Waals surface area contributed by atoms with Crippen molar-refractivity contribution in [1.82, 2.24) is 15.1 Å². The standard InChI is InChI=1S/C26H28N4O5/c1-16(2)11-23(25(32)33)29-24(31)14-30-13-17(12-27-30)28-26(34)35-15-22-20-9-5-3-7-18(20)19-8-4-6-10-21(19)22/h3-10,12-13,16,22-23H,11,14-15H2,1-2H3,(H,28,34)(H,29,31)(H,32,33)/t23-/m1/s1. The third kappa shape index (κ3) is 5.68. The summed E-state index contributed by atoms with van der Waals surface area (Å²) in [4.78, 5) is 36.0. The summed E-state index contributed by atoms with van der Waals surface area (Å²) in [7, 11) is 0. The van der Waals surface area contributed by atoms with E-state index in [1.165, 1.54) is 17.1 Å².